The zero-order valence-electron chi connectivity index (χ0n) is 8.77. The number of carboxylic acid groups (broad SMARTS) is 1. The summed E-state index contributed by atoms with van der Waals surface area (Å²) < 4.78 is 4.76. The van der Waals surface area contributed by atoms with Crippen LogP contribution in [0, 0.1) is 5.92 Å². The van der Waals surface area contributed by atoms with Crippen LogP contribution in [0.25, 0.3) is 0 Å². The molecule has 4 nitrogen and oxygen atoms in total. The van der Waals surface area contributed by atoms with Crippen LogP contribution in [0.15, 0.2) is 10.6 Å². The molecule has 2 atom stereocenters. The summed E-state index contributed by atoms with van der Waals surface area (Å²) in [6.45, 7) is 2.23. The Bertz CT molecular complexity index is 358. The minimum atomic E-state index is -1.04. The number of aromatic nitrogens is 1. The molecule has 1 aliphatic carbocycles. The van der Waals surface area contributed by atoms with Gasteiger partial charge in [0.05, 0.1) is 5.69 Å². The van der Waals surface area contributed by atoms with Gasteiger partial charge in [-0.3, -0.25) is 0 Å². The predicted octanol–water partition coefficient (Wildman–Crippen LogP) is 2.67. The van der Waals surface area contributed by atoms with Gasteiger partial charge in [-0.05, 0) is 18.8 Å². The summed E-state index contributed by atoms with van der Waals surface area (Å²) in [4.78, 5) is 10.6. The van der Waals surface area contributed by atoms with E-state index in [0.717, 1.165) is 18.5 Å². The van der Waals surface area contributed by atoms with Crippen molar-refractivity contribution < 1.29 is 14.4 Å². The molecule has 1 aromatic heterocycles. The molecule has 82 valence electrons. The van der Waals surface area contributed by atoms with Crippen LogP contribution >= 0.6 is 0 Å². The predicted molar refractivity (Wildman–Crippen MR) is 53.8 cm³/mol. The van der Waals surface area contributed by atoms with Gasteiger partial charge in [-0.2, -0.15) is 0 Å². The Morgan fingerprint density at radius 1 is 1.60 bits per heavy atom. The second kappa shape index (κ2) is 4.04. The number of aromatic carboxylic acids is 1. The molecule has 0 bridgehead atoms. The molecule has 1 heterocycles. The highest BCUT2D eigenvalue weighted by atomic mass is 16.5. The molecule has 0 saturated heterocycles. The van der Waals surface area contributed by atoms with Crippen LogP contribution < -0.4 is 0 Å². The van der Waals surface area contributed by atoms with Crippen LogP contribution in [0.3, 0.4) is 0 Å². The van der Waals surface area contributed by atoms with Gasteiger partial charge in [0.15, 0.2) is 0 Å². The zero-order chi connectivity index (χ0) is 10.8. The fourth-order valence-electron chi connectivity index (χ4n) is 2.28. The molecule has 2 unspecified atom stereocenters. The molecule has 15 heavy (non-hydrogen) atoms. The molecule has 1 fully saturated rings. The zero-order valence-corrected chi connectivity index (χ0v) is 8.77. The van der Waals surface area contributed by atoms with E-state index in [0.29, 0.717) is 11.8 Å². The number of carbonyl (C=O) groups is 1. The quantitative estimate of drug-likeness (QED) is 0.813. The Kier molecular flexibility index (Phi) is 2.75. The number of nitrogens with zero attached hydrogens (tertiary/aromatic N) is 1. The lowest BCUT2D eigenvalue weighted by Gasteiger charge is -2.24. The highest BCUT2D eigenvalue weighted by Crippen LogP contribution is 2.35. The van der Waals surface area contributed by atoms with Crippen molar-refractivity contribution in [2.24, 2.45) is 5.92 Å². The summed E-state index contributed by atoms with van der Waals surface area (Å²) in [5, 5.41) is 12.6. The van der Waals surface area contributed by atoms with Gasteiger partial charge >= 0.3 is 5.97 Å². The molecule has 1 aliphatic rings. The molecule has 0 amide bonds. The van der Waals surface area contributed by atoms with Crippen molar-refractivity contribution in [2.75, 3.05) is 0 Å². The Balaban J connectivity index is 2.11. The molecule has 2 rings (SSSR count). The SMILES string of the molecule is CC1CCCC(c2cc(C(=O)O)on2)C1. The molecular formula is C11H15NO3. The van der Waals surface area contributed by atoms with Crippen LogP contribution in [-0.2, 0) is 0 Å². The number of hydrogen-bond donors (Lipinski definition) is 1. The number of hydrogen-bond acceptors (Lipinski definition) is 3. The number of rotatable bonds is 2. The molecule has 0 spiro atoms. The van der Waals surface area contributed by atoms with Gasteiger partial charge < -0.3 is 9.63 Å². The third-order valence-electron chi connectivity index (χ3n) is 3.09. The van der Waals surface area contributed by atoms with E-state index in [4.69, 9.17) is 9.63 Å². The third-order valence-corrected chi connectivity index (χ3v) is 3.09. The first-order valence-corrected chi connectivity index (χ1v) is 5.36. The van der Waals surface area contributed by atoms with Crippen LogP contribution in [0.1, 0.15) is 54.8 Å². The van der Waals surface area contributed by atoms with E-state index in [1.807, 2.05) is 0 Å². The fraction of sp³-hybridized carbons (Fsp3) is 0.636. The van der Waals surface area contributed by atoms with Crippen LogP contribution in [0.4, 0.5) is 0 Å². The molecule has 1 aromatic rings. The van der Waals surface area contributed by atoms with Crippen molar-refractivity contribution >= 4 is 5.97 Å². The van der Waals surface area contributed by atoms with E-state index in [1.54, 1.807) is 6.07 Å². The smallest absolute Gasteiger partial charge is 0.374 e. The van der Waals surface area contributed by atoms with E-state index in [-0.39, 0.29) is 5.76 Å². The summed E-state index contributed by atoms with van der Waals surface area (Å²) in [7, 11) is 0. The lowest BCUT2D eigenvalue weighted by molar-refractivity contribution is 0.0652. The Morgan fingerprint density at radius 3 is 3.00 bits per heavy atom. The van der Waals surface area contributed by atoms with Crippen molar-refractivity contribution in [3.8, 4) is 0 Å². The molecule has 1 saturated carbocycles. The van der Waals surface area contributed by atoms with E-state index in [2.05, 4.69) is 12.1 Å². The lowest BCUT2D eigenvalue weighted by Crippen LogP contribution is -2.11. The van der Waals surface area contributed by atoms with Gasteiger partial charge in [0.2, 0.25) is 5.76 Å². The standard InChI is InChI=1S/C11H15NO3/c1-7-3-2-4-8(5-7)9-6-10(11(13)14)15-12-9/h6-8H,2-5H2,1H3,(H,13,14). The fourth-order valence-corrected chi connectivity index (χ4v) is 2.28. The van der Waals surface area contributed by atoms with Crippen molar-refractivity contribution in [3.63, 3.8) is 0 Å². The maximum Gasteiger partial charge on any atom is 0.374 e. The summed E-state index contributed by atoms with van der Waals surface area (Å²) in [6, 6.07) is 1.56. The minimum absolute atomic E-state index is 0.0526. The van der Waals surface area contributed by atoms with Gasteiger partial charge in [0, 0.05) is 12.0 Å². The first-order chi connectivity index (χ1) is 7.16. The summed E-state index contributed by atoms with van der Waals surface area (Å²) in [6.07, 6.45) is 4.64. The van der Waals surface area contributed by atoms with Gasteiger partial charge in [-0.25, -0.2) is 4.79 Å². The minimum Gasteiger partial charge on any atom is -0.475 e. The number of carboxylic acids is 1. The maximum atomic E-state index is 10.6. The van der Waals surface area contributed by atoms with E-state index in [1.165, 1.54) is 12.8 Å². The van der Waals surface area contributed by atoms with Gasteiger partial charge in [-0.15, -0.1) is 0 Å². The molecule has 0 aliphatic heterocycles. The van der Waals surface area contributed by atoms with E-state index in [9.17, 15) is 4.79 Å². The van der Waals surface area contributed by atoms with Crippen molar-refractivity contribution in [3.05, 3.63) is 17.5 Å². The highest BCUT2D eigenvalue weighted by Gasteiger charge is 2.24. The molecular weight excluding hydrogens is 194 g/mol. The van der Waals surface area contributed by atoms with Crippen molar-refractivity contribution in [2.45, 2.75) is 38.5 Å². The largest absolute Gasteiger partial charge is 0.475 e. The maximum absolute atomic E-state index is 10.6. The summed E-state index contributed by atoms with van der Waals surface area (Å²) >= 11 is 0. The topological polar surface area (TPSA) is 63.3 Å². The molecule has 0 radical (unpaired) electrons. The van der Waals surface area contributed by atoms with Crippen LogP contribution in [-0.4, -0.2) is 16.2 Å². The first kappa shape index (κ1) is 10.2. The average molecular weight is 209 g/mol. The van der Waals surface area contributed by atoms with Gasteiger partial charge in [0.25, 0.3) is 0 Å². The first-order valence-electron chi connectivity index (χ1n) is 5.36. The van der Waals surface area contributed by atoms with Crippen LogP contribution in [0.2, 0.25) is 0 Å². The lowest BCUT2D eigenvalue weighted by atomic mass is 9.81. The second-order valence-electron chi connectivity index (χ2n) is 4.39. The third kappa shape index (κ3) is 2.19. The second-order valence-corrected chi connectivity index (χ2v) is 4.39. The van der Waals surface area contributed by atoms with E-state index >= 15 is 0 Å². The molecule has 0 aromatic carbocycles. The molecule has 4 heteroatoms. The normalized spacial score (nSPS) is 26.5. The Morgan fingerprint density at radius 2 is 2.40 bits per heavy atom. The average Bonchev–Trinajstić information content (AvgIpc) is 2.66. The monoisotopic (exact) mass is 209 g/mol. The van der Waals surface area contributed by atoms with Crippen molar-refractivity contribution in [1.29, 1.82) is 0 Å². The Hall–Kier alpha value is -1.32. The highest BCUT2D eigenvalue weighted by molar-refractivity contribution is 5.84. The van der Waals surface area contributed by atoms with Gasteiger partial charge in [-0.1, -0.05) is 24.9 Å². The molecule has 1 N–H and O–H groups in total. The Labute approximate surface area is 88.3 Å². The van der Waals surface area contributed by atoms with Crippen molar-refractivity contribution in [1.82, 2.24) is 5.16 Å². The van der Waals surface area contributed by atoms with E-state index < -0.39 is 5.97 Å². The summed E-state index contributed by atoms with van der Waals surface area (Å²) in [5.74, 6) is -0.0137. The summed E-state index contributed by atoms with van der Waals surface area (Å²) in [5.41, 5.74) is 0.805. The van der Waals surface area contributed by atoms with Crippen LogP contribution in [0.5, 0.6) is 0 Å². The van der Waals surface area contributed by atoms with Gasteiger partial charge in [0.1, 0.15) is 0 Å².